The molecule has 1 saturated heterocycles. The molecule has 2 fully saturated rings. The monoisotopic (exact) mass is 441 g/mol. The first-order valence-corrected chi connectivity index (χ1v) is 12.2. The van der Waals surface area contributed by atoms with Crippen LogP contribution in [0, 0.1) is 18.3 Å². The van der Waals surface area contributed by atoms with Gasteiger partial charge in [-0.15, -0.1) is 11.8 Å². The fourth-order valence-electron chi connectivity index (χ4n) is 4.76. The van der Waals surface area contributed by atoms with E-state index in [1.807, 2.05) is 39.2 Å². The average Bonchev–Trinajstić information content (AvgIpc) is 2.72. The standard InChI is InChI=1S/C25H31NO4S/c1-15(2)23(31-4)19-11-18(24(27)28)21-20(6-5-16(3)22(21)26-19)30-12-17-7-9-25(10-8-17)13-29-14-25/h5-6,11,17H,7-10,12-14H2,1-4H3,(H,27,28). The highest BCUT2D eigenvalue weighted by molar-refractivity contribution is 8.07. The molecule has 5 nitrogen and oxygen atoms in total. The minimum atomic E-state index is -0.956. The molecule has 1 aromatic heterocycles. The number of fused-ring (bicyclic) bond motifs is 1. The van der Waals surface area contributed by atoms with Gasteiger partial charge in [0.05, 0.1) is 42.0 Å². The number of ether oxygens (including phenoxy) is 2. The highest BCUT2D eigenvalue weighted by Crippen LogP contribution is 2.44. The van der Waals surface area contributed by atoms with Gasteiger partial charge in [0.15, 0.2) is 0 Å². The van der Waals surface area contributed by atoms with Crippen molar-refractivity contribution in [2.75, 3.05) is 26.1 Å². The number of pyridine rings is 1. The number of hydrogen-bond acceptors (Lipinski definition) is 5. The minimum Gasteiger partial charge on any atom is -0.493 e. The van der Waals surface area contributed by atoms with Gasteiger partial charge in [-0.3, -0.25) is 0 Å². The number of hydrogen-bond donors (Lipinski definition) is 1. The topological polar surface area (TPSA) is 68.7 Å². The Morgan fingerprint density at radius 3 is 2.55 bits per heavy atom. The van der Waals surface area contributed by atoms with Crippen LogP contribution in [0.3, 0.4) is 0 Å². The number of aryl methyl sites for hydroxylation is 1. The zero-order valence-corrected chi connectivity index (χ0v) is 19.6. The maximum atomic E-state index is 12.2. The lowest BCUT2D eigenvalue weighted by atomic mass is 9.69. The maximum Gasteiger partial charge on any atom is 0.336 e. The van der Waals surface area contributed by atoms with E-state index in [4.69, 9.17) is 14.5 Å². The van der Waals surface area contributed by atoms with Crippen LogP contribution in [0.5, 0.6) is 5.75 Å². The Labute approximate surface area is 188 Å². The first-order valence-electron chi connectivity index (χ1n) is 10.9. The van der Waals surface area contributed by atoms with Crippen molar-refractivity contribution < 1.29 is 19.4 Å². The smallest absolute Gasteiger partial charge is 0.336 e. The molecule has 1 saturated carbocycles. The van der Waals surface area contributed by atoms with Crippen molar-refractivity contribution in [3.8, 4) is 5.75 Å². The Morgan fingerprint density at radius 2 is 2.00 bits per heavy atom. The summed E-state index contributed by atoms with van der Waals surface area (Å²) in [5.41, 5.74) is 4.15. The number of rotatable bonds is 6. The van der Waals surface area contributed by atoms with Gasteiger partial charge in [-0.1, -0.05) is 11.6 Å². The molecule has 1 spiro atoms. The molecule has 4 rings (SSSR count). The molecule has 2 aromatic rings. The van der Waals surface area contributed by atoms with Crippen molar-refractivity contribution in [3.63, 3.8) is 0 Å². The molecule has 0 amide bonds. The zero-order chi connectivity index (χ0) is 22.2. The molecule has 0 unspecified atom stereocenters. The van der Waals surface area contributed by atoms with E-state index in [2.05, 4.69) is 0 Å². The summed E-state index contributed by atoms with van der Waals surface area (Å²) in [5, 5.41) is 10.6. The number of carboxylic acids is 1. The van der Waals surface area contributed by atoms with Gasteiger partial charge in [-0.05, 0) is 76.3 Å². The van der Waals surface area contributed by atoms with E-state index in [0.29, 0.717) is 40.3 Å². The van der Waals surface area contributed by atoms with E-state index in [1.165, 1.54) is 12.8 Å². The summed E-state index contributed by atoms with van der Waals surface area (Å²) < 4.78 is 11.7. The summed E-state index contributed by atoms with van der Waals surface area (Å²) in [6.45, 7) is 8.44. The van der Waals surface area contributed by atoms with Crippen molar-refractivity contribution >= 4 is 33.5 Å². The van der Waals surface area contributed by atoms with Crippen LogP contribution in [0.15, 0.2) is 23.8 Å². The molecule has 31 heavy (non-hydrogen) atoms. The molecule has 2 aliphatic rings. The number of allylic oxidation sites excluding steroid dienone is 1. The third kappa shape index (κ3) is 4.33. The Morgan fingerprint density at radius 1 is 1.29 bits per heavy atom. The van der Waals surface area contributed by atoms with Crippen LogP contribution in [-0.2, 0) is 4.74 Å². The van der Waals surface area contributed by atoms with Gasteiger partial charge in [0, 0.05) is 10.3 Å². The number of benzene rings is 1. The van der Waals surface area contributed by atoms with Crippen molar-refractivity contribution in [1.29, 1.82) is 0 Å². The molecule has 0 bridgehead atoms. The normalized spacial score (nSPS) is 18.1. The third-order valence-corrected chi connectivity index (χ3v) is 7.73. The molecule has 0 radical (unpaired) electrons. The predicted molar refractivity (Wildman–Crippen MR) is 126 cm³/mol. The Balaban J connectivity index is 1.65. The van der Waals surface area contributed by atoms with E-state index < -0.39 is 5.97 Å². The van der Waals surface area contributed by atoms with Gasteiger partial charge in [0.2, 0.25) is 0 Å². The molecular weight excluding hydrogens is 410 g/mol. The Bertz CT molecular complexity index is 1030. The van der Waals surface area contributed by atoms with E-state index in [-0.39, 0.29) is 5.56 Å². The first kappa shape index (κ1) is 22.2. The van der Waals surface area contributed by atoms with Crippen LogP contribution in [-0.4, -0.2) is 42.1 Å². The van der Waals surface area contributed by atoms with Crippen molar-refractivity contribution in [2.45, 2.75) is 46.5 Å². The van der Waals surface area contributed by atoms with Gasteiger partial charge in [-0.2, -0.15) is 0 Å². The molecule has 1 N–H and O–H groups in total. The van der Waals surface area contributed by atoms with Crippen molar-refractivity contribution in [2.24, 2.45) is 11.3 Å². The van der Waals surface area contributed by atoms with Crippen LogP contribution in [0.1, 0.15) is 61.1 Å². The molecule has 1 aromatic carbocycles. The largest absolute Gasteiger partial charge is 0.493 e. The van der Waals surface area contributed by atoms with Gasteiger partial charge in [0.1, 0.15) is 5.75 Å². The molecule has 1 aliphatic carbocycles. The fourth-order valence-corrected chi connectivity index (χ4v) is 5.48. The van der Waals surface area contributed by atoms with Gasteiger partial charge in [0.25, 0.3) is 0 Å². The third-order valence-electron chi connectivity index (χ3n) is 6.70. The Kier molecular flexibility index (Phi) is 6.31. The lowest BCUT2D eigenvalue weighted by Crippen LogP contribution is -2.45. The zero-order valence-electron chi connectivity index (χ0n) is 18.8. The second kappa shape index (κ2) is 8.83. The van der Waals surface area contributed by atoms with E-state index in [0.717, 1.165) is 42.1 Å². The number of thioether (sulfide) groups is 1. The van der Waals surface area contributed by atoms with Gasteiger partial charge in [-0.25, -0.2) is 9.78 Å². The number of carboxylic acid groups (broad SMARTS) is 1. The second-order valence-corrected chi connectivity index (χ2v) is 10.1. The van der Waals surface area contributed by atoms with Crippen molar-refractivity contribution in [3.05, 3.63) is 40.6 Å². The lowest BCUT2D eigenvalue weighted by molar-refractivity contribution is -0.137. The Hall–Kier alpha value is -2.05. The predicted octanol–water partition coefficient (Wildman–Crippen LogP) is 5.94. The van der Waals surface area contributed by atoms with Crippen LogP contribution < -0.4 is 4.74 Å². The highest BCUT2D eigenvalue weighted by Gasteiger charge is 2.41. The summed E-state index contributed by atoms with van der Waals surface area (Å²) in [6.07, 6.45) is 6.66. The number of aromatic carboxylic acids is 1. The first-order chi connectivity index (χ1) is 14.8. The number of aromatic nitrogens is 1. The van der Waals surface area contributed by atoms with Crippen molar-refractivity contribution in [1.82, 2.24) is 4.98 Å². The maximum absolute atomic E-state index is 12.2. The molecule has 6 heteroatoms. The second-order valence-electron chi connectivity index (χ2n) is 9.24. The average molecular weight is 442 g/mol. The molecule has 1 aliphatic heterocycles. The quantitative estimate of drug-likeness (QED) is 0.598. The molecular formula is C25H31NO4S. The summed E-state index contributed by atoms with van der Waals surface area (Å²) in [7, 11) is 0. The number of nitrogens with zero attached hydrogens (tertiary/aromatic N) is 1. The SMILES string of the molecule is CSC(=C(C)C)c1cc(C(=O)O)c2c(OCC3CCC4(CC3)COC4)ccc(C)c2n1. The van der Waals surface area contributed by atoms with E-state index in [9.17, 15) is 9.90 Å². The molecule has 166 valence electrons. The van der Waals surface area contributed by atoms with Gasteiger partial charge < -0.3 is 14.6 Å². The molecule has 0 atom stereocenters. The summed E-state index contributed by atoms with van der Waals surface area (Å²) in [5.74, 6) is 0.159. The number of carbonyl (C=O) groups is 1. The summed E-state index contributed by atoms with van der Waals surface area (Å²) in [6, 6.07) is 5.56. The highest BCUT2D eigenvalue weighted by atomic mass is 32.2. The van der Waals surface area contributed by atoms with Crippen LogP contribution in [0.25, 0.3) is 15.8 Å². The van der Waals surface area contributed by atoms with E-state index in [1.54, 1.807) is 17.8 Å². The summed E-state index contributed by atoms with van der Waals surface area (Å²) in [4.78, 5) is 18.1. The van der Waals surface area contributed by atoms with Crippen LogP contribution in [0.4, 0.5) is 0 Å². The summed E-state index contributed by atoms with van der Waals surface area (Å²) >= 11 is 1.59. The minimum absolute atomic E-state index is 0.251. The van der Waals surface area contributed by atoms with E-state index >= 15 is 0 Å². The lowest BCUT2D eigenvalue weighted by Gasteiger charge is -2.46. The molecule has 2 heterocycles. The van der Waals surface area contributed by atoms with Gasteiger partial charge >= 0.3 is 5.97 Å². The van der Waals surface area contributed by atoms with Crippen LogP contribution >= 0.6 is 11.8 Å². The fraction of sp³-hybridized carbons (Fsp3) is 0.520. The van der Waals surface area contributed by atoms with Crippen LogP contribution in [0.2, 0.25) is 0 Å².